The van der Waals surface area contributed by atoms with Crippen LogP contribution in [0.1, 0.15) is 43.8 Å². The van der Waals surface area contributed by atoms with Crippen LogP contribution < -0.4 is 5.32 Å². The van der Waals surface area contributed by atoms with Crippen molar-refractivity contribution in [3.63, 3.8) is 0 Å². The average molecular weight is 226 g/mol. The number of nitrogens with zero attached hydrogens (tertiary/aromatic N) is 1. The SMILES string of the molecule is CCCNC(CCC)Cc1nc(C)cs1. The van der Waals surface area contributed by atoms with Crippen molar-refractivity contribution in [2.45, 2.75) is 52.5 Å². The molecule has 0 aliphatic heterocycles. The van der Waals surface area contributed by atoms with E-state index in [0.717, 1.165) is 18.7 Å². The third-order valence-electron chi connectivity index (χ3n) is 2.41. The molecule has 0 saturated heterocycles. The van der Waals surface area contributed by atoms with Crippen LogP contribution in [0.4, 0.5) is 0 Å². The van der Waals surface area contributed by atoms with E-state index in [1.54, 1.807) is 11.3 Å². The van der Waals surface area contributed by atoms with E-state index < -0.39 is 0 Å². The predicted octanol–water partition coefficient (Wildman–Crippen LogP) is 3.16. The predicted molar refractivity (Wildman–Crippen MR) is 67.5 cm³/mol. The summed E-state index contributed by atoms with van der Waals surface area (Å²) in [6.07, 6.45) is 4.79. The van der Waals surface area contributed by atoms with Crippen molar-refractivity contribution >= 4 is 11.3 Å². The van der Waals surface area contributed by atoms with Gasteiger partial charge in [-0.05, 0) is 26.3 Å². The summed E-state index contributed by atoms with van der Waals surface area (Å²) >= 11 is 1.79. The first-order valence-corrected chi connectivity index (χ1v) is 6.78. The van der Waals surface area contributed by atoms with Gasteiger partial charge in [-0.15, -0.1) is 11.3 Å². The van der Waals surface area contributed by atoms with Crippen molar-refractivity contribution in [1.29, 1.82) is 0 Å². The van der Waals surface area contributed by atoms with Crippen LogP contribution in [0.2, 0.25) is 0 Å². The molecule has 1 heterocycles. The standard InChI is InChI=1S/C12H22N2S/c1-4-6-11(13-7-5-2)8-12-14-10(3)9-15-12/h9,11,13H,4-8H2,1-3H3. The Hall–Kier alpha value is -0.410. The second kappa shape index (κ2) is 6.96. The molecule has 15 heavy (non-hydrogen) atoms. The molecule has 2 nitrogen and oxygen atoms in total. The van der Waals surface area contributed by atoms with Crippen molar-refractivity contribution in [3.05, 3.63) is 16.1 Å². The molecule has 0 aromatic carbocycles. The van der Waals surface area contributed by atoms with E-state index in [4.69, 9.17) is 0 Å². The van der Waals surface area contributed by atoms with Crippen molar-refractivity contribution in [3.8, 4) is 0 Å². The molecule has 0 radical (unpaired) electrons. The van der Waals surface area contributed by atoms with Gasteiger partial charge in [0, 0.05) is 23.5 Å². The monoisotopic (exact) mass is 226 g/mol. The Kier molecular flexibility index (Phi) is 5.88. The molecular formula is C12H22N2S. The molecule has 0 saturated carbocycles. The normalized spacial score (nSPS) is 13.0. The summed E-state index contributed by atoms with van der Waals surface area (Å²) in [7, 11) is 0. The zero-order chi connectivity index (χ0) is 11.1. The highest BCUT2D eigenvalue weighted by Crippen LogP contribution is 2.13. The maximum absolute atomic E-state index is 4.52. The second-order valence-corrected chi connectivity index (χ2v) is 4.97. The van der Waals surface area contributed by atoms with E-state index >= 15 is 0 Å². The first kappa shape index (κ1) is 12.7. The molecule has 0 aliphatic carbocycles. The van der Waals surface area contributed by atoms with Gasteiger partial charge in [0.05, 0.1) is 5.01 Å². The van der Waals surface area contributed by atoms with Crippen LogP contribution in [0.15, 0.2) is 5.38 Å². The van der Waals surface area contributed by atoms with Crippen molar-refractivity contribution in [2.75, 3.05) is 6.54 Å². The number of aromatic nitrogens is 1. The topological polar surface area (TPSA) is 24.9 Å². The smallest absolute Gasteiger partial charge is 0.0943 e. The summed E-state index contributed by atoms with van der Waals surface area (Å²) in [5.74, 6) is 0. The quantitative estimate of drug-likeness (QED) is 0.772. The highest BCUT2D eigenvalue weighted by Gasteiger charge is 2.09. The maximum atomic E-state index is 4.52. The van der Waals surface area contributed by atoms with Crippen LogP contribution >= 0.6 is 11.3 Å². The molecule has 1 rings (SSSR count). The summed E-state index contributed by atoms with van der Waals surface area (Å²) in [6.45, 7) is 7.64. The summed E-state index contributed by atoms with van der Waals surface area (Å²) < 4.78 is 0. The zero-order valence-electron chi connectivity index (χ0n) is 10.0. The summed E-state index contributed by atoms with van der Waals surface area (Å²) in [5, 5.41) is 7.00. The van der Waals surface area contributed by atoms with Gasteiger partial charge in [0.1, 0.15) is 0 Å². The fourth-order valence-electron chi connectivity index (χ4n) is 1.68. The minimum Gasteiger partial charge on any atom is -0.314 e. The number of aryl methyl sites for hydroxylation is 1. The average Bonchev–Trinajstić information content (AvgIpc) is 2.61. The van der Waals surface area contributed by atoms with Crippen LogP contribution in [0, 0.1) is 6.92 Å². The van der Waals surface area contributed by atoms with Gasteiger partial charge in [0.2, 0.25) is 0 Å². The Morgan fingerprint density at radius 1 is 1.40 bits per heavy atom. The van der Waals surface area contributed by atoms with Gasteiger partial charge in [0.15, 0.2) is 0 Å². The van der Waals surface area contributed by atoms with E-state index in [9.17, 15) is 0 Å². The lowest BCUT2D eigenvalue weighted by atomic mass is 10.1. The third kappa shape index (κ3) is 4.76. The largest absolute Gasteiger partial charge is 0.314 e. The lowest BCUT2D eigenvalue weighted by Crippen LogP contribution is -2.31. The fourth-order valence-corrected chi connectivity index (χ4v) is 2.53. The van der Waals surface area contributed by atoms with E-state index in [1.165, 1.54) is 24.3 Å². The number of hydrogen-bond acceptors (Lipinski definition) is 3. The molecule has 0 spiro atoms. The molecule has 0 aliphatic rings. The van der Waals surface area contributed by atoms with Crippen molar-refractivity contribution < 1.29 is 0 Å². The van der Waals surface area contributed by atoms with Gasteiger partial charge in [-0.2, -0.15) is 0 Å². The molecule has 86 valence electrons. The zero-order valence-corrected chi connectivity index (χ0v) is 10.9. The van der Waals surface area contributed by atoms with Gasteiger partial charge in [0.25, 0.3) is 0 Å². The lowest BCUT2D eigenvalue weighted by molar-refractivity contribution is 0.472. The Balaban J connectivity index is 2.42. The van der Waals surface area contributed by atoms with E-state index in [0.29, 0.717) is 6.04 Å². The molecule has 1 aromatic heterocycles. The molecule has 0 amide bonds. The fraction of sp³-hybridized carbons (Fsp3) is 0.750. The number of thiazole rings is 1. The Bertz CT molecular complexity index is 270. The molecule has 0 bridgehead atoms. The molecule has 1 aromatic rings. The van der Waals surface area contributed by atoms with Crippen molar-refractivity contribution in [2.24, 2.45) is 0 Å². The summed E-state index contributed by atoms with van der Waals surface area (Å²) in [4.78, 5) is 4.52. The van der Waals surface area contributed by atoms with Gasteiger partial charge < -0.3 is 5.32 Å². The molecule has 1 unspecified atom stereocenters. The van der Waals surface area contributed by atoms with E-state index in [1.807, 2.05) is 0 Å². The molecule has 1 N–H and O–H groups in total. The maximum Gasteiger partial charge on any atom is 0.0943 e. The second-order valence-electron chi connectivity index (χ2n) is 4.03. The number of hydrogen-bond donors (Lipinski definition) is 1. The molecular weight excluding hydrogens is 204 g/mol. The Morgan fingerprint density at radius 3 is 2.73 bits per heavy atom. The third-order valence-corrected chi connectivity index (χ3v) is 3.40. The van der Waals surface area contributed by atoms with E-state index in [2.05, 4.69) is 36.5 Å². The number of rotatable bonds is 7. The molecule has 0 fully saturated rings. The van der Waals surface area contributed by atoms with Crippen LogP contribution in [0.3, 0.4) is 0 Å². The summed E-state index contributed by atoms with van der Waals surface area (Å²) in [6, 6.07) is 0.612. The van der Waals surface area contributed by atoms with Crippen LogP contribution in [-0.2, 0) is 6.42 Å². The van der Waals surface area contributed by atoms with Crippen molar-refractivity contribution in [1.82, 2.24) is 10.3 Å². The van der Waals surface area contributed by atoms with Gasteiger partial charge >= 0.3 is 0 Å². The molecule has 1 atom stereocenters. The van der Waals surface area contributed by atoms with Crippen LogP contribution in [0.5, 0.6) is 0 Å². The first-order valence-electron chi connectivity index (χ1n) is 5.90. The van der Waals surface area contributed by atoms with E-state index in [-0.39, 0.29) is 0 Å². The van der Waals surface area contributed by atoms with Gasteiger partial charge in [-0.3, -0.25) is 0 Å². The lowest BCUT2D eigenvalue weighted by Gasteiger charge is -2.16. The Morgan fingerprint density at radius 2 is 2.20 bits per heavy atom. The minimum absolute atomic E-state index is 0.612. The highest BCUT2D eigenvalue weighted by molar-refractivity contribution is 7.09. The van der Waals surface area contributed by atoms with Crippen LogP contribution in [0.25, 0.3) is 0 Å². The Labute approximate surface area is 97.1 Å². The number of nitrogens with one attached hydrogen (secondary N) is 1. The van der Waals surface area contributed by atoms with Gasteiger partial charge in [-0.25, -0.2) is 4.98 Å². The van der Waals surface area contributed by atoms with Crippen LogP contribution in [-0.4, -0.2) is 17.6 Å². The summed E-state index contributed by atoms with van der Waals surface area (Å²) in [5.41, 5.74) is 1.15. The highest BCUT2D eigenvalue weighted by atomic mass is 32.1. The van der Waals surface area contributed by atoms with Gasteiger partial charge in [-0.1, -0.05) is 20.3 Å². The first-order chi connectivity index (χ1) is 7.26. The minimum atomic E-state index is 0.612. The molecule has 3 heteroatoms.